The highest BCUT2D eigenvalue weighted by atomic mass is 16.2. The zero-order valence-electron chi connectivity index (χ0n) is 11.7. The van der Waals surface area contributed by atoms with Gasteiger partial charge in [-0.25, -0.2) is 0 Å². The topological polar surface area (TPSA) is 70.2 Å². The highest BCUT2D eigenvalue weighted by Crippen LogP contribution is 2.15. The van der Waals surface area contributed by atoms with Crippen LogP contribution in [0.3, 0.4) is 0 Å². The second kappa shape index (κ2) is 7.05. The third kappa shape index (κ3) is 4.06. The van der Waals surface area contributed by atoms with Gasteiger partial charge in [0.1, 0.15) is 0 Å². The van der Waals surface area contributed by atoms with E-state index in [9.17, 15) is 9.59 Å². The first-order chi connectivity index (χ1) is 9.66. The quantitative estimate of drug-likeness (QED) is 0.722. The molecule has 0 radical (unpaired) electrons. The highest BCUT2D eigenvalue weighted by Gasteiger charge is 2.29. The molecular formula is C15H21N3O2. The summed E-state index contributed by atoms with van der Waals surface area (Å²) in [6, 6.07) is 9.69. The van der Waals surface area contributed by atoms with Crippen LogP contribution >= 0.6 is 0 Å². The Kier molecular flexibility index (Phi) is 5.12. The minimum atomic E-state index is -0.166. The van der Waals surface area contributed by atoms with Crippen molar-refractivity contribution < 1.29 is 9.59 Å². The minimum absolute atomic E-state index is 0.0306. The Morgan fingerprint density at radius 1 is 1.20 bits per heavy atom. The molecular weight excluding hydrogens is 254 g/mol. The Morgan fingerprint density at radius 2 is 1.95 bits per heavy atom. The van der Waals surface area contributed by atoms with E-state index in [2.05, 4.69) is 16.0 Å². The maximum atomic E-state index is 11.9. The van der Waals surface area contributed by atoms with Gasteiger partial charge in [-0.2, -0.15) is 0 Å². The molecule has 5 heteroatoms. The molecule has 1 aliphatic heterocycles. The van der Waals surface area contributed by atoms with Crippen LogP contribution in [0.5, 0.6) is 0 Å². The molecule has 5 nitrogen and oxygen atoms in total. The van der Waals surface area contributed by atoms with E-state index in [-0.39, 0.29) is 24.3 Å². The maximum Gasteiger partial charge on any atom is 0.239 e. The van der Waals surface area contributed by atoms with Gasteiger partial charge in [-0.3, -0.25) is 9.59 Å². The van der Waals surface area contributed by atoms with Gasteiger partial charge in [-0.15, -0.1) is 0 Å². The van der Waals surface area contributed by atoms with Crippen molar-refractivity contribution in [1.82, 2.24) is 16.0 Å². The normalized spacial score (nSPS) is 21.4. The minimum Gasteiger partial charge on any atom is -0.350 e. The van der Waals surface area contributed by atoms with Crippen molar-refractivity contribution in [3.05, 3.63) is 35.9 Å². The van der Waals surface area contributed by atoms with Crippen molar-refractivity contribution in [2.24, 2.45) is 11.8 Å². The second-order valence-electron chi connectivity index (χ2n) is 5.22. The Balaban J connectivity index is 1.68. The number of carbonyl (C=O) groups excluding carboxylic acids is 2. The molecule has 1 aromatic carbocycles. The molecule has 20 heavy (non-hydrogen) atoms. The van der Waals surface area contributed by atoms with Gasteiger partial charge in [0.15, 0.2) is 0 Å². The van der Waals surface area contributed by atoms with E-state index in [4.69, 9.17) is 0 Å². The summed E-state index contributed by atoms with van der Waals surface area (Å²) in [6.07, 6.45) is 0. The van der Waals surface area contributed by atoms with Crippen LogP contribution in [0, 0.1) is 11.8 Å². The molecule has 3 N–H and O–H groups in total. The lowest BCUT2D eigenvalue weighted by Crippen LogP contribution is -2.41. The largest absolute Gasteiger partial charge is 0.350 e. The number of benzene rings is 1. The van der Waals surface area contributed by atoms with Crippen LogP contribution in [0.4, 0.5) is 0 Å². The summed E-state index contributed by atoms with van der Waals surface area (Å²) < 4.78 is 0. The van der Waals surface area contributed by atoms with Crippen molar-refractivity contribution in [2.75, 3.05) is 19.6 Å². The lowest BCUT2D eigenvalue weighted by atomic mass is 9.97. The summed E-state index contributed by atoms with van der Waals surface area (Å²) >= 11 is 0. The molecule has 108 valence electrons. The van der Waals surface area contributed by atoms with Gasteiger partial charge in [-0.1, -0.05) is 37.3 Å². The number of carbonyl (C=O) groups is 2. The molecule has 1 aliphatic rings. The van der Waals surface area contributed by atoms with E-state index in [1.54, 1.807) is 0 Å². The van der Waals surface area contributed by atoms with Crippen LogP contribution in [0.25, 0.3) is 0 Å². The first-order valence-electron chi connectivity index (χ1n) is 6.96. The molecule has 0 saturated carbocycles. The Morgan fingerprint density at radius 3 is 2.60 bits per heavy atom. The molecule has 1 fully saturated rings. The molecule has 1 heterocycles. The lowest BCUT2D eigenvalue weighted by molar-refractivity contribution is -0.128. The summed E-state index contributed by atoms with van der Waals surface area (Å²) in [6.45, 7) is 4.11. The molecule has 0 bridgehead atoms. The van der Waals surface area contributed by atoms with Gasteiger partial charge in [0.05, 0.1) is 12.5 Å². The first kappa shape index (κ1) is 14.5. The average Bonchev–Trinajstić information content (AvgIpc) is 2.90. The molecule has 2 rings (SSSR count). The molecule has 1 saturated heterocycles. The zero-order valence-corrected chi connectivity index (χ0v) is 11.7. The zero-order chi connectivity index (χ0) is 14.4. The van der Waals surface area contributed by atoms with E-state index in [0.717, 1.165) is 12.1 Å². The summed E-state index contributed by atoms with van der Waals surface area (Å²) in [5.41, 5.74) is 1.04. The first-order valence-corrected chi connectivity index (χ1v) is 6.96. The molecule has 2 amide bonds. The Hall–Kier alpha value is -1.88. The molecule has 0 aromatic heterocycles. The molecule has 0 spiro atoms. The van der Waals surface area contributed by atoms with Crippen molar-refractivity contribution in [3.63, 3.8) is 0 Å². The van der Waals surface area contributed by atoms with Crippen LogP contribution in [0.2, 0.25) is 0 Å². The summed E-state index contributed by atoms with van der Waals surface area (Å²) in [4.78, 5) is 23.6. The third-order valence-corrected chi connectivity index (χ3v) is 3.61. The van der Waals surface area contributed by atoms with Gasteiger partial charge < -0.3 is 16.0 Å². The van der Waals surface area contributed by atoms with E-state index >= 15 is 0 Å². The van der Waals surface area contributed by atoms with E-state index in [0.29, 0.717) is 19.0 Å². The summed E-state index contributed by atoms with van der Waals surface area (Å²) in [5, 5.41) is 8.66. The molecule has 0 aliphatic carbocycles. The molecule has 1 aromatic rings. The molecule has 2 unspecified atom stereocenters. The van der Waals surface area contributed by atoms with Gasteiger partial charge in [0, 0.05) is 13.1 Å². The predicted molar refractivity (Wildman–Crippen MR) is 76.8 cm³/mol. The smallest absolute Gasteiger partial charge is 0.239 e. The standard InChI is InChI=1S/C15H21N3O2/c1-11-7-16-9-13(11)15(20)18-10-14(19)17-8-12-5-3-2-4-6-12/h2-6,11,13,16H,7-10H2,1H3,(H,17,19)(H,18,20). The van der Waals surface area contributed by atoms with Crippen molar-refractivity contribution in [2.45, 2.75) is 13.5 Å². The average molecular weight is 275 g/mol. The van der Waals surface area contributed by atoms with Gasteiger partial charge in [-0.05, 0) is 18.0 Å². The fourth-order valence-electron chi connectivity index (χ4n) is 2.32. The third-order valence-electron chi connectivity index (χ3n) is 3.61. The highest BCUT2D eigenvalue weighted by molar-refractivity contribution is 5.86. The number of rotatable bonds is 5. The number of hydrogen-bond acceptors (Lipinski definition) is 3. The van der Waals surface area contributed by atoms with Crippen molar-refractivity contribution in [3.8, 4) is 0 Å². The van der Waals surface area contributed by atoms with Crippen LogP contribution in [0.15, 0.2) is 30.3 Å². The number of amides is 2. The number of hydrogen-bond donors (Lipinski definition) is 3. The fraction of sp³-hybridized carbons (Fsp3) is 0.467. The van der Waals surface area contributed by atoms with Gasteiger partial charge >= 0.3 is 0 Å². The number of nitrogens with one attached hydrogen (secondary N) is 3. The van der Waals surface area contributed by atoms with E-state index in [1.807, 2.05) is 37.3 Å². The summed E-state index contributed by atoms with van der Waals surface area (Å²) in [7, 11) is 0. The van der Waals surface area contributed by atoms with Crippen LogP contribution in [0.1, 0.15) is 12.5 Å². The Bertz CT molecular complexity index is 461. The van der Waals surface area contributed by atoms with E-state index < -0.39 is 0 Å². The van der Waals surface area contributed by atoms with Gasteiger partial charge in [0.2, 0.25) is 11.8 Å². The van der Waals surface area contributed by atoms with Crippen LogP contribution in [-0.4, -0.2) is 31.4 Å². The predicted octanol–water partition coefficient (Wildman–Crippen LogP) is 0.275. The van der Waals surface area contributed by atoms with Crippen LogP contribution in [-0.2, 0) is 16.1 Å². The maximum absolute atomic E-state index is 11.9. The monoisotopic (exact) mass is 275 g/mol. The van der Waals surface area contributed by atoms with Crippen molar-refractivity contribution in [1.29, 1.82) is 0 Å². The van der Waals surface area contributed by atoms with E-state index in [1.165, 1.54) is 0 Å². The lowest BCUT2D eigenvalue weighted by Gasteiger charge is -2.14. The summed E-state index contributed by atoms with van der Waals surface area (Å²) in [5.74, 6) is 0.0810. The SMILES string of the molecule is CC1CNCC1C(=O)NCC(=O)NCc1ccccc1. The van der Waals surface area contributed by atoms with Crippen molar-refractivity contribution >= 4 is 11.8 Å². The second-order valence-corrected chi connectivity index (χ2v) is 5.22. The molecule has 2 atom stereocenters. The van der Waals surface area contributed by atoms with Gasteiger partial charge in [0.25, 0.3) is 0 Å². The Labute approximate surface area is 119 Å². The fourth-order valence-corrected chi connectivity index (χ4v) is 2.32. The van der Waals surface area contributed by atoms with Crippen LogP contribution < -0.4 is 16.0 Å².